The van der Waals surface area contributed by atoms with Crippen molar-refractivity contribution < 1.29 is 21.6 Å². The van der Waals surface area contributed by atoms with Gasteiger partial charge in [0.2, 0.25) is 10.0 Å². The molecular weight excluding hydrogens is 328 g/mol. The first-order valence-corrected chi connectivity index (χ1v) is 10.0. The summed E-state index contributed by atoms with van der Waals surface area (Å²) in [5.41, 5.74) is 2.81. The van der Waals surface area contributed by atoms with E-state index in [-0.39, 0.29) is 10.6 Å². The van der Waals surface area contributed by atoms with Crippen molar-refractivity contribution in [3.8, 4) is 0 Å². The molecule has 0 saturated heterocycles. The summed E-state index contributed by atoms with van der Waals surface area (Å²) in [5, 5.41) is 0. The molecule has 0 radical (unpaired) electrons. The molecule has 0 spiro atoms. The number of sulfone groups is 1. The van der Waals surface area contributed by atoms with Gasteiger partial charge < -0.3 is 0 Å². The van der Waals surface area contributed by atoms with E-state index >= 15 is 0 Å². The molecule has 7 nitrogen and oxygen atoms in total. The number of hydrazine groups is 1. The zero-order chi connectivity index (χ0) is 16.8. The third kappa shape index (κ3) is 6.12. The van der Waals surface area contributed by atoms with Gasteiger partial charge in [-0.2, -0.15) is 0 Å². The Labute approximate surface area is 131 Å². The molecule has 1 rings (SSSR count). The summed E-state index contributed by atoms with van der Waals surface area (Å²) in [6.07, 6.45) is 1.14. The quantitative estimate of drug-likeness (QED) is 0.666. The number of nitrogens with one attached hydrogen (secondary N) is 2. The fraction of sp³-hybridized carbons (Fsp3) is 0.462. The Morgan fingerprint density at radius 1 is 1.09 bits per heavy atom. The molecule has 0 saturated carbocycles. The lowest BCUT2D eigenvalue weighted by atomic mass is 10.2. The van der Waals surface area contributed by atoms with Crippen LogP contribution in [0.5, 0.6) is 0 Å². The molecule has 0 aromatic heterocycles. The zero-order valence-electron chi connectivity index (χ0n) is 12.5. The fourth-order valence-electron chi connectivity index (χ4n) is 1.56. The van der Waals surface area contributed by atoms with E-state index < -0.39 is 31.5 Å². The number of benzene rings is 1. The number of carbonyl (C=O) groups excluding carboxylic acids is 1. The molecule has 0 aliphatic carbocycles. The monoisotopic (exact) mass is 348 g/mol. The van der Waals surface area contributed by atoms with Crippen LogP contribution >= 0.6 is 0 Å². The van der Waals surface area contributed by atoms with E-state index in [4.69, 9.17) is 0 Å². The Hall–Kier alpha value is -1.45. The first-order valence-electron chi connectivity index (χ1n) is 6.74. The predicted molar refractivity (Wildman–Crippen MR) is 83.2 cm³/mol. The van der Waals surface area contributed by atoms with Gasteiger partial charge >= 0.3 is 0 Å². The summed E-state index contributed by atoms with van der Waals surface area (Å²) in [7, 11) is -7.45. The number of hydrogen-bond donors (Lipinski definition) is 2. The van der Waals surface area contributed by atoms with Crippen LogP contribution in [0.15, 0.2) is 29.2 Å². The van der Waals surface area contributed by atoms with Crippen molar-refractivity contribution in [2.45, 2.75) is 31.6 Å². The summed E-state index contributed by atoms with van der Waals surface area (Å²) in [5.74, 6) is -1.89. The summed E-state index contributed by atoms with van der Waals surface area (Å²) in [6.45, 7) is 3.65. The number of unbranched alkanes of at least 4 members (excludes halogenated alkanes) is 1. The van der Waals surface area contributed by atoms with Crippen LogP contribution in [0.2, 0.25) is 0 Å². The molecule has 2 N–H and O–H groups in total. The van der Waals surface area contributed by atoms with E-state index in [1.165, 1.54) is 12.1 Å². The van der Waals surface area contributed by atoms with Gasteiger partial charge in [0, 0.05) is 0 Å². The third-order valence-corrected chi connectivity index (χ3v) is 5.69. The molecule has 0 bridgehead atoms. The number of rotatable bonds is 8. The molecule has 0 aliphatic rings. The molecule has 0 unspecified atom stereocenters. The van der Waals surface area contributed by atoms with Gasteiger partial charge in [-0.1, -0.05) is 31.0 Å². The molecule has 0 aliphatic heterocycles. The molecule has 1 aromatic carbocycles. The first-order chi connectivity index (χ1) is 10.2. The van der Waals surface area contributed by atoms with Crippen LogP contribution in [0.3, 0.4) is 0 Å². The molecule has 22 heavy (non-hydrogen) atoms. The zero-order valence-corrected chi connectivity index (χ0v) is 14.1. The van der Waals surface area contributed by atoms with Crippen molar-refractivity contribution in [3.05, 3.63) is 29.8 Å². The lowest BCUT2D eigenvalue weighted by Gasteiger charge is -2.08. The van der Waals surface area contributed by atoms with Crippen LogP contribution in [-0.2, 0) is 24.7 Å². The van der Waals surface area contributed by atoms with Crippen LogP contribution < -0.4 is 10.3 Å². The average Bonchev–Trinajstić information content (AvgIpc) is 2.43. The lowest BCUT2D eigenvalue weighted by molar-refractivity contribution is -0.119. The summed E-state index contributed by atoms with van der Waals surface area (Å²) < 4.78 is 47.0. The van der Waals surface area contributed by atoms with Gasteiger partial charge in [0.05, 0.1) is 10.6 Å². The molecule has 1 aromatic rings. The predicted octanol–water partition coefficient (Wildman–Crippen LogP) is 0.519. The number of amides is 1. The first kappa shape index (κ1) is 18.6. The van der Waals surface area contributed by atoms with Gasteiger partial charge in [-0.05, 0) is 25.5 Å². The van der Waals surface area contributed by atoms with E-state index in [0.29, 0.717) is 12.8 Å². The van der Waals surface area contributed by atoms with E-state index in [2.05, 4.69) is 0 Å². The maximum Gasteiger partial charge on any atom is 0.250 e. The molecule has 0 heterocycles. The molecule has 9 heteroatoms. The lowest BCUT2D eigenvalue weighted by Crippen LogP contribution is -2.45. The highest BCUT2D eigenvalue weighted by Gasteiger charge is 2.20. The average molecular weight is 348 g/mol. The third-order valence-electron chi connectivity index (χ3n) is 2.81. The highest BCUT2D eigenvalue weighted by molar-refractivity contribution is 7.92. The van der Waals surface area contributed by atoms with Crippen molar-refractivity contribution in [2.75, 3.05) is 11.5 Å². The van der Waals surface area contributed by atoms with E-state index in [1.54, 1.807) is 12.1 Å². The SMILES string of the molecule is CCCCS(=O)(=O)NNC(=O)CS(=O)(=O)c1ccc(C)cc1. The highest BCUT2D eigenvalue weighted by Crippen LogP contribution is 2.11. The molecular formula is C13H20N2O5S2. The van der Waals surface area contributed by atoms with Gasteiger partial charge in [-0.25, -0.2) is 16.8 Å². The second-order valence-electron chi connectivity index (χ2n) is 4.89. The van der Waals surface area contributed by atoms with Crippen molar-refractivity contribution >= 4 is 25.8 Å². The minimum absolute atomic E-state index is 0.0158. The number of sulfonamides is 1. The van der Waals surface area contributed by atoms with Gasteiger partial charge in [-0.15, -0.1) is 4.83 Å². The Bertz CT molecular complexity index is 709. The van der Waals surface area contributed by atoms with Crippen LogP contribution in [0.1, 0.15) is 25.3 Å². The smallest absolute Gasteiger partial charge is 0.250 e. The molecule has 0 atom stereocenters. The van der Waals surface area contributed by atoms with Gasteiger partial charge in [0.15, 0.2) is 9.84 Å². The Morgan fingerprint density at radius 2 is 1.68 bits per heavy atom. The summed E-state index contributed by atoms with van der Waals surface area (Å²) in [4.78, 5) is 13.5. The van der Waals surface area contributed by atoms with E-state index in [9.17, 15) is 21.6 Å². The van der Waals surface area contributed by atoms with Crippen molar-refractivity contribution in [2.24, 2.45) is 0 Å². The van der Waals surface area contributed by atoms with Crippen LogP contribution in [0, 0.1) is 6.92 Å². The normalized spacial score (nSPS) is 12.1. The second kappa shape index (κ2) is 7.70. The van der Waals surface area contributed by atoms with Crippen LogP contribution in [0.25, 0.3) is 0 Å². The second-order valence-corrected chi connectivity index (χ2v) is 8.73. The van der Waals surface area contributed by atoms with E-state index in [0.717, 1.165) is 5.56 Å². The Kier molecular flexibility index (Phi) is 6.51. The molecule has 0 fully saturated rings. The van der Waals surface area contributed by atoms with E-state index in [1.807, 2.05) is 24.1 Å². The minimum atomic E-state index is -3.81. The minimum Gasteiger partial charge on any atom is -0.277 e. The van der Waals surface area contributed by atoms with Gasteiger partial charge in [0.1, 0.15) is 5.75 Å². The fourth-order valence-corrected chi connectivity index (χ4v) is 3.73. The summed E-state index contributed by atoms with van der Waals surface area (Å²) >= 11 is 0. The van der Waals surface area contributed by atoms with Gasteiger partial charge in [-0.3, -0.25) is 10.2 Å². The number of hydrogen-bond acceptors (Lipinski definition) is 5. The highest BCUT2D eigenvalue weighted by atomic mass is 32.2. The maximum atomic E-state index is 12.0. The van der Waals surface area contributed by atoms with Crippen LogP contribution in [-0.4, -0.2) is 34.2 Å². The Balaban J connectivity index is 2.63. The number of aryl methyl sites for hydroxylation is 1. The van der Waals surface area contributed by atoms with Crippen molar-refractivity contribution in [1.82, 2.24) is 10.3 Å². The van der Waals surface area contributed by atoms with Gasteiger partial charge in [0.25, 0.3) is 5.91 Å². The summed E-state index contributed by atoms with van der Waals surface area (Å²) in [6, 6.07) is 6.06. The van der Waals surface area contributed by atoms with Crippen LogP contribution in [0.4, 0.5) is 0 Å². The van der Waals surface area contributed by atoms with Crippen molar-refractivity contribution in [1.29, 1.82) is 0 Å². The Morgan fingerprint density at radius 3 is 2.23 bits per heavy atom. The number of carbonyl (C=O) groups is 1. The largest absolute Gasteiger partial charge is 0.277 e. The maximum absolute atomic E-state index is 12.0. The molecule has 1 amide bonds. The standard InChI is InChI=1S/C13H20N2O5S2/c1-3-4-9-22(19,20)15-14-13(16)10-21(17,18)12-7-5-11(2)6-8-12/h5-8,15H,3-4,9-10H2,1-2H3,(H,14,16). The topological polar surface area (TPSA) is 109 Å². The molecule has 124 valence electrons. The van der Waals surface area contributed by atoms with Crippen molar-refractivity contribution in [3.63, 3.8) is 0 Å².